The van der Waals surface area contributed by atoms with Crippen molar-refractivity contribution in [3.05, 3.63) is 56.2 Å². The molecule has 0 radical (unpaired) electrons. The third kappa shape index (κ3) is 3.94. The van der Waals surface area contributed by atoms with Crippen LogP contribution in [0.2, 0.25) is 0 Å². The summed E-state index contributed by atoms with van der Waals surface area (Å²) in [6.45, 7) is 9.92. The van der Waals surface area contributed by atoms with Crippen molar-refractivity contribution in [3.8, 4) is 0 Å². The molecule has 0 aliphatic heterocycles. The fourth-order valence-electron chi connectivity index (χ4n) is 2.38. The fourth-order valence-corrected chi connectivity index (χ4v) is 3.93. The van der Waals surface area contributed by atoms with E-state index in [1.165, 1.54) is 19.8 Å². The van der Waals surface area contributed by atoms with Crippen LogP contribution in [0.1, 0.15) is 42.1 Å². The standard InChI is InChI=1S/C17H22BrNS/c1-12-15(18)10-14(20-12)11-19-16(17(2,3)4)13-8-6-5-7-9-13/h5-10,16,19H,11H2,1-4H3. The van der Waals surface area contributed by atoms with Crippen molar-refractivity contribution in [1.82, 2.24) is 5.32 Å². The molecule has 1 nitrogen and oxygen atoms in total. The SMILES string of the molecule is Cc1sc(CNC(c2ccccc2)C(C)(C)C)cc1Br. The Balaban J connectivity index is 2.13. The summed E-state index contributed by atoms with van der Waals surface area (Å²) in [7, 11) is 0. The van der Waals surface area contributed by atoms with E-state index in [1.807, 2.05) is 11.3 Å². The number of halogens is 1. The molecule has 2 rings (SSSR count). The van der Waals surface area contributed by atoms with Gasteiger partial charge in [0.15, 0.2) is 0 Å². The maximum atomic E-state index is 3.72. The summed E-state index contributed by atoms with van der Waals surface area (Å²) in [5.74, 6) is 0. The molecule has 1 N–H and O–H groups in total. The smallest absolute Gasteiger partial charge is 0.0372 e. The van der Waals surface area contributed by atoms with Crippen LogP contribution in [-0.4, -0.2) is 0 Å². The van der Waals surface area contributed by atoms with E-state index in [4.69, 9.17) is 0 Å². The zero-order valence-corrected chi connectivity index (χ0v) is 14.9. The molecule has 0 bridgehead atoms. The first-order valence-corrected chi connectivity index (χ1v) is 8.52. The Morgan fingerprint density at radius 3 is 2.35 bits per heavy atom. The van der Waals surface area contributed by atoms with Crippen LogP contribution in [-0.2, 0) is 6.54 Å². The Morgan fingerprint density at radius 1 is 1.20 bits per heavy atom. The maximum absolute atomic E-state index is 3.72. The number of aryl methyl sites for hydroxylation is 1. The summed E-state index contributed by atoms with van der Waals surface area (Å²) in [5.41, 5.74) is 1.54. The van der Waals surface area contributed by atoms with Crippen molar-refractivity contribution in [2.45, 2.75) is 40.3 Å². The van der Waals surface area contributed by atoms with Crippen LogP contribution < -0.4 is 5.32 Å². The Morgan fingerprint density at radius 2 is 1.85 bits per heavy atom. The molecule has 1 aromatic heterocycles. The highest BCUT2D eigenvalue weighted by Gasteiger charge is 2.25. The molecule has 108 valence electrons. The molecule has 2 aromatic rings. The number of thiophene rings is 1. The number of hydrogen-bond donors (Lipinski definition) is 1. The molecule has 20 heavy (non-hydrogen) atoms. The first kappa shape index (κ1) is 15.7. The van der Waals surface area contributed by atoms with Gasteiger partial charge in [-0.2, -0.15) is 0 Å². The number of nitrogens with one attached hydrogen (secondary N) is 1. The van der Waals surface area contributed by atoms with Crippen molar-refractivity contribution >= 4 is 27.3 Å². The fraction of sp³-hybridized carbons (Fsp3) is 0.412. The summed E-state index contributed by atoms with van der Waals surface area (Å²) < 4.78 is 1.21. The second-order valence-electron chi connectivity index (χ2n) is 6.21. The minimum Gasteiger partial charge on any atom is -0.305 e. The van der Waals surface area contributed by atoms with Gasteiger partial charge < -0.3 is 5.32 Å². The van der Waals surface area contributed by atoms with Crippen LogP contribution in [0, 0.1) is 12.3 Å². The van der Waals surface area contributed by atoms with Gasteiger partial charge in [-0.3, -0.25) is 0 Å². The molecule has 1 aromatic carbocycles. The topological polar surface area (TPSA) is 12.0 Å². The van der Waals surface area contributed by atoms with E-state index in [0.29, 0.717) is 6.04 Å². The van der Waals surface area contributed by atoms with Gasteiger partial charge in [-0.1, -0.05) is 51.1 Å². The molecule has 0 aliphatic rings. The summed E-state index contributed by atoms with van der Waals surface area (Å²) in [6.07, 6.45) is 0. The van der Waals surface area contributed by atoms with Gasteiger partial charge in [0.05, 0.1) is 0 Å². The lowest BCUT2D eigenvalue weighted by Crippen LogP contribution is -2.31. The predicted molar refractivity (Wildman–Crippen MR) is 92.2 cm³/mol. The van der Waals surface area contributed by atoms with Gasteiger partial charge in [-0.05, 0) is 39.9 Å². The lowest BCUT2D eigenvalue weighted by Gasteiger charge is -2.32. The quantitative estimate of drug-likeness (QED) is 0.745. The Labute approximate surface area is 134 Å². The molecule has 0 amide bonds. The lowest BCUT2D eigenvalue weighted by atomic mass is 9.82. The zero-order chi connectivity index (χ0) is 14.8. The van der Waals surface area contributed by atoms with Gasteiger partial charge in [-0.15, -0.1) is 11.3 Å². The molecule has 0 spiro atoms. The highest BCUT2D eigenvalue weighted by atomic mass is 79.9. The summed E-state index contributed by atoms with van der Waals surface area (Å²) in [4.78, 5) is 2.72. The van der Waals surface area contributed by atoms with E-state index in [1.54, 1.807) is 0 Å². The van der Waals surface area contributed by atoms with E-state index in [-0.39, 0.29) is 5.41 Å². The predicted octanol–water partition coefficient (Wildman–Crippen LogP) is 5.70. The van der Waals surface area contributed by atoms with E-state index >= 15 is 0 Å². The van der Waals surface area contributed by atoms with Crippen LogP contribution in [0.5, 0.6) is 0 Å². The van der Waals surface area contributed by atoms with Gasteiger partial charge in [0.1, 0.15) is 0 Å². The van der Waals surface area contributed by atoms with Crippen LogP contribution in [0.25, 0.3) is 0 Å². The van der Waals surface area contributed by atoms with Gasteiger partial charge in [-0.25, -0.2) is 0 Å². The zero-order valence-electron chi connectivity index (χ0n) is 12.5. The van der Waals surface area contributed by atoms with Crippen LogP contribution in [0.4, 0.5) is 0 Å². The van der Waals surface area contributed by atoms with Crippen LogP contribution in [0.3, 0.4) is 0 Å². The largest absolute Gasteiger partial charge is 0.305 e. The molecule has 3 heteroatoms. The highest BCUT2D eigenvalue weighted by Crippen LogP contribution is 2.34. The molecular formula is C17H22BrNS. The Bertz CT molecular complexity index is 535. The average Bonchev–Trinajstić information content (AvgIpc) is 2.68. The Kier molecular flexibility index (Phi) is 5.05. The van der Waals surface area contributed by atoms with Crippen molar-refractivity contribution in [3.63, 3.8) is 0 Å². The number of rotatable bonds is 4. The number of benzene rings is 1. The van der Waals surface area contributed by atoms with Crippen molar-refractivity contribution < 1.29 is 0 Å². The molecular weight excluding hydrogens is 330 g/mol. The molecule has 1 heterocycles. The lowest BCUT2D eigenvalue weighted by molar-refractivity contribution is 0.271. The molecule has 0 saturated carbocycles. The van der Waals surface area contributed by atoms with Crippen molar-refractivity contribution in [2.24, 2.45) is 5.41 Å². The highest BCUT2D eigenvalue weighted by molar-refractivity contribution is 9.10. The summed E-state index contributed by atoms with van der Waals surface area (Å²) in [6, 6.07) is 13.3. The summed E-state index contributed by atoms with van der Waals surface area (Å²) >= 11 is 5.44. The maximum Gasteiger partial charge on any atom is 0.0372 e. The second-order valence-corrected chi connectivity index (χ2v) is 8.40. The molecule has 1 atom stereocenters. The van der Waals surface area contributed by atoms with Crippen LogP contribution >= 0.6 is 27.3 Å². The number of hydrogen-bond acceptors (Lipinski definition) is 2. The molecule has 0 fully saturated rings. The van der Waals surface area contributed by atoms with Gasteiger partial charge in [0.2, 0.25) is 0 Å². The van der Waals surface area contributed by atoms with Crippen molar-refractivity contribution in [1.29, 1.82) is 0 Å². The van der Waals surface area contributed by atoms with Gasteiger partial charge in [0, 0.05) is 26.8 Å². The van der Waals surface area contributed by atoms with E-state index < -0.39 is 0 Å². The van der Waals surface area contributed by atoms with Gasteiger partial charge in [0.25, 0.3) is 0 Å². The van der Waals surface area contributed by atoms with Gasteiger partial charge >= 0.3 is 0 Å². The normalized spacial score (nSPS) is 13.4. The summed E-state index contributed by atoms with van der Waals surface area (Å²) in [5, 5.41) is 3.72. The third-order valence-corrected chi connectivity index (χ3v) is 5.52. The monoisotopic (exact) mass is 351 g/mol. The van der Waals surface area contributed by atoms with E-state index in [2.05, 4.69) is 85.3 Å². The first-order chi connectivity index (χ1) is 9.38. The Hall–Kier alpha value is -0.640. The molecule has 1 unspecified atom stereocenters. The molecule has 0 saturated heterocycles. The average molecular weight is 352 g/mol. The third-order valence-electron chi connectivity index (χ3n) is 3.39. The first-order valence-electron chi connectivity index (χ1n) is 6.91. The van der Waals surface area contributed by atoms with Crippen LogP contribution in [0.15, 0.2) is 40.9 Å². The minimum atomic E-state index is 0.185. The minimum absolute atomic E-state index is 0.185. The van der Waals surface area contributed by atoms with Crippen molar-refractivity contribution in [2.75, 3.05) is 0 Å². The van der Waals surface area contributed by atoms with E-state index in [9.17, 15) is 0 Å². The molecule has 0 aliphatic carbocycles. The second kappa shape index (κ2) is 6.42. The van der Waals surface area contributed by atoms with E-state index in [0.717, 1.165) is 6.54 Å².